The van der Waals surface area contributed by atoms with E-state index in [9.17, 15) is 0 Å². The number of nitrogens with zero attached hydrogens (tertiary/aromatic N) is 3. The molecule has 25 heavy (non-hydrogen) atoms. The Balaban J connectivity index is 1.69. The van der Waals surface area contributed by atoms with Crippen LogP contribution < -0.4 is 4.74 Å². The molecule has 0 atom stereocenters. The topological polar surface area (TPSA) is 68.3 Å². The van der Waals surface area contributed by atoms with Crippen LogP contribution in [0.5, 0.6) is 5.75 Å². The third-order valence-corrected chi connectivity index (χ3v) is 4.16. The molecule has 0 saturated heterocycles. The maximum absolute atomic E-state index is 6.08. The van der Waals surface area contributed by atoms with E-state index >= 15 is 0 Å². The minimum absolute atomic E-state index is 0.152. The highest BCUT2D eigenvalue weighted by atomic mass is 35.5. The summed E-state index contributed by atoms with van der Waals surface area (Å²) < 4.78 is 13.1. The molecule has 3 aromatic rings. The van der Waals surface area contributed by atoms with E-state index < -0.39 is 0 Å². The van der Waals surface area contributed by atoms with Crippen molar-refractivity contribution in [2.45, 2.75) is 13.5 Å². The molecule has 0 spiro atoms. The number of benzene rings is 1. The molecule has 0 unspecified atom stereocenters. The predicted octanol–water partition coefficient (Wildman–Crippen LogP) is 5.26. The van der Waals surface area contributed by atoms with Crippen molar-refractivity contribution in [3.63, 3.8) is 0 Å². The van der Waals surface area contributed by atoms with Crippen LogP contribution in [0.15, 0.2) is 33.8 Å². The van der Waals surface area contributed by atoms with Gasteiger partial charge >= 0.3 is 0 Å². The smallest absolute Gasteiger partial charge is 0.216 e. The molecule has 3 rings (SSSR count). The number of H-pyrrole nitrogens is 1. The maximum atomic E-state index is 6.08. The fraction of sp³-hybridized carbons (Fsp3) is 0.133. The summed E-state index contributed by atoms with van der Waals surface area (Å²) in [5, 5.41) is 11.9. The maximum Gasteiger partial charge on any atom is 0.216 e. The Bertz CT molecular complexity index is 970. The van der Waals surface area contributed by atoms with Gasteiger partial charge in [0.2, 0.25) is 4.77 Å². The lowest BCUT2D eigenvalue weighted by Gasteiger charge is -2.08. The van der Waals surface area contributed by atoms with E-state index in [-0.39, 0.29) is 6.61 Å². The number of hydrogen-bond acceptors (Lipinski definition) is 5. The summed E-state index contributed by atoms with van der Waals surface area (Å²) in [5.74, 6) is 2.11. The van der Waals surface area contributed by atoms with Gasteiger partial charge in [0.15, 0.2) is 5.75 Å². The van der Waals surface area contributed by atoms with Crippen molar-refractivity contribution in [1.82, 2.24) is 14.9 Å². The van der Waals surface area contributed by atoms with Gasteiger partial charge in [-0.15, -0.1) is 0 Å². The van der Waals surface area contributed by atoms with Crippen molar-refractivity contribution in [3.8, 4) is 5.75 Å². The molecule has 0 saturated carbocycles. The van der Waals surface area contributed by atoms with E-state index in [2.05, 4.69) is 15.3 Å². The Morgan fingerprint density at radius 1 is 1.32 bits per heavy atom. The molecule has 0 aliphatic carbocycles. The first-order valence-corrected chi connectivity index (χ1v) is 8.52. The second-order valence-corrected chi connectivity index (χ2v) is 6.56. The first kappa shape index (κ1) is 18.0. The molecular weight excluding hydrogens is 407 g/mol. The highest BCUT2D eigenvalue weighted by Crippen LogP contribution is 2.36. The van der Waals surface area contributed by atoms with Crippen LogP contribution >= 0.6 is 47.0 Å². The van der Waals surface area contributed by atoms with Gasteiger partial charge in [0.05, 0.1) is 16.3 Å². The molecule has 0 aliphatic rings. The minimum atomic E-state index is 0.152. The molecule has 130 valence electrons. The molecule has 0 radical (unpaired) electrons. The number of aryl methyl sites for hydroxylation is 1. The van der Waals surface area contributed by atoms with Crippen molar-refractivity contribution < 1.29 is 9.15 Å². The Kier molecular flexibility index (Phi) is 5.48. The third-order valence-electron chi connectivity index (χ3n) is 3.12. The zero-order valence-electron chi connectivity index (χ0n) is 12.8. The molecular formula is C15H11Cl3N4O2S. The first-order valence-electron chi connectivity index (χ1n) is 6.98. The molecule has 0 aliphatic heterocycles. The van der Waals surface area contributed by atoms with Crippen molar-refractivity contribution in [3.05, 3.63) is 61.4 Å². The molecule has 1 N–H and O–H groups in total. The van der Waals surface area contributed by atoms with Gasteiger partial charge < -0.3 is 9.15 Å². The monoisotopic (exact) mass is 416 g/mol. The number of nitrogens with one attached hydrogen (secondary N) is 1. The van der Waals surface area contributed by atoms with Crippen LogP contribution in [0.3, 0.4) is 0 Å². The number of hydrogen-bond donors (Lipinski definition) is 1. The van der Waals surface area contributed by atoms with Crippen LogP contribution in [0.4, 0.5) is 0 Å². The summed E-state index contributed by atoms with van der Waals surface area (Å²) in [6.07, 6.45) is 1.53. The second kappa shape index (κ2) is 7.61. The van der Waals surface area contributed by atoms with E-state index in [1.54, 1.807) is 31.2 Å². The molecule has 10 heteroatoms. The van der Waals surface area contributed by atoms with Gasteiger partial charge in [0, 0.05) is 5.02 Å². The van der Waals surface area contributed by atoms with E-state index in [0.717, 1.165) is 0 Å². The highest BCUT2D eigenvalue weighted by molar-refractivity contribution is 7.71. The third kappa shape index (κ3) is 4.24. The van der Waals surface area contributed by atoms with Gasteiger partial charge in [-0.1, -0.05) is 34.8 Å². The number of aromatic nitrogens is 3. The Labute approximate surface area is 163 Å². The van der Waals surface area contributed by atoms with Crippen LogP contribution in [-0.2, 0) is 6.61 Å². The number of ether oxygens (including phenoxy) is 1. The highest BCUT2D eigenvalue weighted by Gasteiger charge is 2.10. The van der Waals surface area contributed by atoms with Crippen molar-refractivity contribution in [2.24, 2.45) is 5.10 Å². The van der Waals surface area contributed by atoms with Gasteiger partial charge in [-0.3, -0.25) is 5.10 Å². The van der Waals surface area contributed by atoms with Crippen molar-refractivity contribution in [2.75, 3.05) is 0 Å². The number of rotatable bonds is 5. The van der Waals surface area contributed by atoms with Crippen molar-refractivity contribution >= 4 is 53.2 Å². The SMILES string of the molecule is Cc1n[nH]c(=S)n1/N=C/c1ccc(COc2c(Cl)cc(Cl)cc2Cl)o1. The average Bonchev–Trinajstić information content (AvgIpc) is 3.11. The number of furan rings is 1. The Hall–Kier alpha value is -1.80. The molecule has 2 heterocycles. The molecule has 2 aromatic heterocycles. The Morgan fingerprint density at radius 2 is 2.04 bits per heavy atom. The lowest BCUT2D eigenvalue weighted by atomic mass is 10.3. The molecule has 6 nitrogen and oxygen atoms in total. The predicted molar refractivity (Wildman–Crippen MR) is 99.7 cm³/mol. The second-order valence-electron chi connectivity index (χ2n) is 4.92. The number of halogens is 3. The zero-order chi connectivity index (χ0) is 18.0. The van der Waals surface area contributed by atoms with Crippen LogP contribution in [0.2, 0.25) is 15.1 Å². The van der Waals surface area contributed by atoms with Crippen LogP contribution in [0, 0.1) is 11.7 Å². The van der Waals surface area contributed by atoms with Gasteiger partial charge in [0.25, 0.3) is 0 Å². The normalized spacial score (nSPS) is 11.4. The first-order chi connectivity index (χ1) is 11.9. The summed E-state index contributed by atoms with van der Waals surface area (Å²) in [6, 6.07) is 6.63. The van der Waals surface area contributed by atoms with E-state index in [1.165, 1.54) is 10.9 Å². The molecule has 0 fully saturated rings. The fourth-order valence-electron chi connectivity index (χ4n) is 1.97. The molecule has 0 bridgehead atoms. The lowest BCUT2D eigenvalue weighted by molar-refractivity contribution is 0.270. The van der Waals surface area contributed by atoms with Crippen LogP contribution in [0.1, 0.15) is 17.3 Å². The van der Waals surface area contributed by atoms with Crippen molar-refractivity contribution in [1.29, 1.82) is 0 Å². The zero-order valence-corrected chi connectivity index (χ0v) is 15.9. The summed E-state index contributed by atoms with van der Waals surface area (Å²) in [4.78, 5) is 0. The van der Waals surface area contributed by atoms with E-state index in [4.69, 9.17) is 56.2 Å². The minimum Gasteiger partial charge on any atom is -0.483 e. The number of aromatic amines is 1. The van der Waals surface area contributed by atoms with E-state index in [0.29, 0.717) is 42.9 Å². The van der Waals surface area contributed by atoms with Gasteiger partial charge in [-0.05, 0) is 43.4 Å². The fourth-order valence-corrected chi connectivity index (χ4v) is 3.12. The van der Waals surface area contributed by atoms with Crippen LogP contribution in [0.25, 0.3) is 0 Å². The summed E-state index contributed by atoms with van der Waals surface area (Å²) >= 11 is 23.1. The molecule has 0 amide bonds. The van der Waals surface area contributed by atoms with Gasteiger partial charge in [-0.25, -0.2) is 0 Å². The van der Waals surface area contributed by atoms with E-state index in [1.807, 2.05) is 0 Å². The average molecular weight is 418 g/mol. The van der Waals surface area contributed by atoms with Gasteiger partial charge in [0.1, 0.15) is 24.0 Å². The summed E-state index contributed by atoms with van der Waals surface area (Å²) in [5.41, 5.74) is 0. The summed E-state index contributed by atoms with van der Waals surface area (Å²) in [7, 11) is 0. The summed E-state index contributed by atoms with van der Waals surface area (Å²) in [6.45, 7) is 1.93. The lowest BCUT2D eigenvalue weighted by Crippen LogP contribution is -1.95. The van der Waals surface area contributed by atoms with Crippen LogP contribution in [-0.4, -0.2) is 21.1 Å². The van der Waals surface area contributed by atoms with Gasteiger partial charge in [-0.2, -0.15) is 14.9 Å². The molecule has 1 aromatic carbocycles. The largest absolute Gasteiger partial charge is 0.483 e. The Morgan fingerprint density at radius 3 is 2.68 bits per heavy atom. The quantitative estimate of drug-likeness (QED) is 0.454. The standard InChI is InChI=1S/C15H11Cl3N4O2S/c1-8-20-21-15(25)22(8)19-6-10-2-3-11(24-10)7-23-14-12(17)4-9(16)5-13(14)18/h2-6H,7H2,1H3,(H,21,25)/b19-6+.